The van der Waals surface area contributed by atoms with E-state index in [4.69, 9.17) is 10.8 Å². The molecule has 2 atom stereocenters. The normalized spacial score (nSPS) is 27.3. The van der Waals surface area contributed by atoms with Crippen molar-refractivity contribution in [3.63, 3.8) is 0 Å². The fourth-order valence-electron chi connectivity index (χ4n) is 1.71. The second-order valence-electron chi connectivity index (χ2n) is 3.40. The Morgan fingerprint density at radius 2 is 2.50 bits per heavy atom. The molecule has 2 unspecified atom stereocenters. The SMILES string of the molecule is CC(O)CN1CCCC1C(N)=O. The minimum atomic E-state index is -0.384. The molecule has 1 aliphatic heterocycles. The summed E-state index contributed by atoms with van der Waals surface area (Å²) in [6.45, 7) is 3.14. The number of nitrogens with zero attached hydrogens (tertiary/aromatic N) is 1. The van der Waals surface area contributed by atoms with E-state index in [0.717, 1.165) is 19.4 Å². The van der Waals surface area contributed by atoms with Crippen LogP contribution < -0.4 is 5.73 Å². The summed E-state index contributed by atoms with van der Waals surface area (Å²) in [4.78, 5) is 12.8. The molecular formula is C8H16N2O2. The lowest BCUT2D eigenvalue weighted by molar-refractivity contribution is -0.122. The van der Waals surface area contributed by atoms with Gasteiger partial charge in [0, 0.05) is 6.54 Å². The summed E-state index contributed by atoms with van der Waals surface area (Å²) in [5.41, 5.74) is 5.20. The van der Waals surface area contributed by atoms with Gasteiger partial charge in [0.15, 0.2) is 0 Å². The maximum atomic E-state index is 10.9. The summed E-state index contributed by atoms with van der Waals surface area (Å²) in [6, 6.07) is -0.153. The molecule has 3 N–H and O–H groups in total. The number of aliphatic hydroxyl groups excluding tert-OH is 1. The predicted octanol–water partition coefficient (Wildman–Crippen LogP) is -0.683. The topological polar surface area (TPSA) is 66.6 Å². The number of rotatable bonds is 3. The lowest BCUT2D eigenvalue weighted by Crippen LogP contribution is -2.43. The number of carbonyl (C=O) groups excluding carboxylic acids is 1. The van der Waals surface area contributed by atoms with Crippen LogP contribution in [-0.2, 0) is 4.79 Å². The van der Waals surface area contributed by atoms with Crippen molar-refractivity contribution in [1.82, 2.24) is 4.90 Å². The van der Waals surface area contributed by atoms with Gasteiger partial charge in [0.05, 0.1) is 12.1 Å². The van der Waals surface area contributed by atoms with E-state index >= 15 is 0 Å². The number of hydrogen-bond acceptors (Lipinski definition) is 3. The van der Waals surface area contributed by atoms with Crippen LogP contribution in [0, 0.1) is 0 Å². The predicted molar refractivity (Wildman–Crippen MR) is 45.5 cm³/mol. The number of aliphatic hydroxyl groups is 1. The van der Waals surface area contributed by atoms with Crippen LogP contribution in [0.5, 0.6) is 0 Å². The highest BCUT2D eigenvalue weighted by molar-refractivity contribution is 5.80. The van der Waals surface area contributed by atoms with Gasteiger partial charge >= 0.3 is 0 Å². The molecule has 0 radical (unpaired) electrons. The molecule has 0 aromatic heterocycles. The highest BCUT2D eigenvalue weighted by Gasteiger charge is 2.29. The number of amides is 1. The van der Waals surface area contributed by atoms with Crippen molar-refractivity contribution >= 4 is 5.91 Å². The monoisotopic (exact) mass is 172 g/mol. The quantitative estimate of drug-likeness (QED) is 0.592. The molecule has 4 heteroatoms. The number of carbonyl (C=O) groups is 1. The maximum absolute atomic E-state index is 10.9. The Kier molecular flexibility index (Phi) is 3.05. The average Bonchev–Trinajstić information content (AvgIpc) is 2.33. The van der Waals surface area contributed by atoms with E-state index in [9.17, 15) is 4.79 Å². The molecule has 0 aliphatic carbocycles. The molecule has 1 aliphatic rings. The van der Waals surface area contributed by atoms with E-state index in [1.807, 2.05) is 4.90 Å². The van der Waals surface area contributed by atoms with Crippen molar-refractivity contribution in [3.8, 4) is 0 Å². The first-order valence-corrected chi connectivity index (χ1v) is 4.32. The smallest absolute Gasteiger partial charge is 0.234 e. The van der Waals surface area contributed by atoms with E-state index in [0.29, 0.717) is 6.54 Å². The first kappa shape index (κ1) is 9.48. The Morgan fingerprint density at radius 3 is 3.00 bits per heavy atom. The van der Waals surface area contributed by atoms with E-state index in [2.05, 4.69) is 0 Å². The Bertz CT molecular complexity index is 170. The van der Waals surface area contributed by atoms with Crippen LogP contribution in [-0.4, -0.2) is 41.1 Å². The first-order valence-electron chi connectivity index (χ1n) is 4.32. The minimum Gasteiger partial charge on any atom is -0.392 e. The third-order valence-corrected chi connectivity index (χ3v) is 2.19. The van der Waals surface area contributed by atoms with Gasteiger partial charge in [-0.1, -0.05) is 0 Å². The first-order chi connectivity index (χ1) is 5.61. The molecule has 4 nitrogen and oxygen atoms in total. The highest BCUT2D eigenvalue weighted by atomic mass is 16.3. The lowest BCUT2D eigenvalue weighted by atomic mass is 10.2. The van der Waals surface area contributed by atoms with Crippen molar-refractivity contribution < 1.29 is 9.90 Å². The van der Waals surface area contributed by atoms with Gasteiger partial charge in [0.25, 0.3) is 0 Å². The van der Waals surface area contributed by atoms with E-state index in [1.165, 1.54) is 0 Å². The fraction of sp³-hybridized carbons (Fsp3) is 0.875. The van der Waals surface area contributed by atoms with Gasteiger partial charge < -0.3 is 10.8 Å². The number of primary amides is 1. The Balaban J connectivity index is 2.46. The summed E-state index contributed by atoms with van der Waals surface area (Å²) in [7, 11) is 0. The standard InChI is InChI=1S/C8H16N2O2/c1-6(11)5-10-4-2-3-7(10)8(9)12/h6-7,11H,2-5H2,1H3,(H2,9,12). The second-order valence-corrected chi connectivity index (χ2v) is 3.40. The van der Waals surface area contributed by atoms with Gasteiger partial charge in [-0.2, -0.15) is 0 Å². The highest BCUT2D eigenvalue weighted by Crippen LogP contribution is 2.16. The molecular weight excluding hydrogens is 156 g/mol. The molecule has 0 bridgehead atoms. The number of likely N-dealkylation sites (tertiary alicyclic amines) is 1. The average molecular weight is 172 g/mol. The molecule has 1 fully saturated rings. The zero-order valence-electron chi connectivity index (χ0n) is 7.36. The van der Waals surface area contributed by atoms with Crippen LogP contribution in [0.15, 0.2) is 0 Å². The van der Waals surface area contributed by atoms with Gasteiger partial charge in [-0.05, 0) is 26.3 Å². The molecule has 12 heavy (non-hydrogen) atoms. The Morgan fingerprint density at radius 1 is 1.83 bits per heavy atom. The zero-order chi connectivity index (χ0) is 9.14. The van der Waals surface area contributed by atoms with Crippen molar-refractivity contribution in [2.24, 2.45) is 5.73 Å². The Hall–Kier alpha value is -0.610. The molecule has 0 aromatic rings. The van der Waals surface area contributed by atoms with E-state index in [1.54, 1.807) is 6.92 Å². The van der Waals surface area contributed by atoms with Gasteiger partial charge in [0.2, 0.25) is 5.91 Å². The molecule has 0 saturated carbocycles. The van der Waals surface area contributed by atoms with Gasteiger partial charge in [0.1, 0.15) is 0 Å². The van der Waals surface area contributed by atoms with Crippen molar-refractivity contribution in [2.75, 3.05) is 13.1 Å². The van der Waals surface area contributed by atoms with Gasteiger partial charge in [-0.25, -0.2) is 0 Å². The van der Waals surface area contributed by atoms with E-state index < -0.39 is 0 Å². The van der Waals surface area contributed by atoms with Crippen LogP contribution in [0.3, 0.4) is 0 Å². The number of nitrogens with two attached hydrogens (primary N) is 1. The third kappa shape index (κ3) is 2.19. The molecule has 0 aromatic carbocycles. The summed E-state index contributed by atoms with van der Waals surface area (Å²) in [6.07, 6.45) is 1.45. The molecule has 1 rings (SSSR count). The summed E-state index contributed by atoms with van der Waals surface area (Å²) < 4.78 is 0. The van der Waals surface area contributed by atoms with Crippen molar-refractivity contribution in [1.29, 1.82) is 0 Å². The third-order valence-electron chi connectivity index (χ3n) is 2.19. The largest absolute Gasteiger partial charge is 0.392 e. The van der Waals surface area contributed by atoms with Gasteiger partial charge in [-0.15, -0.1) is 0 Å². The van der Waals surface area contributed by atoms with Crippen LogP contribution in [0.2, 0.25) is 0 Å². The van der Waals surface area contributed by atoms with E-state index in [-0.39, 0.29) is 18.1 Å². The molecule has 70 valence electrons. The van der Waals surface area contributed by atoms with Gasteiger partial charge in [-0.3, -0.25) is 9.69 Å². The van der Waals surface area contributed by atoms with Crippen molar-refractivity contribution in [2.45, 2.75) is 31.9 Å². The van der Waals surface area contributed by atoms with Crippen LogP contribution in [0.1, 0.15) is 19.8 Å². The van der Waals surface area contributed by atoms with Crippen LogP contribution in [0.4, 0.5) is 0 Å². The maximum Gasteiger partial charge on any atom is 0.234 e. The molecule has 1 saturated heterocycles. The molecule has 1 heterocycles. The Labute approximate surface area is 72.3 Å². The van der Waals surface area contributed by atoms with Crippen molar-refractivity contribution in [3.05, 3.63) is 0 Å². The fourth-order valence-corrected chi connectivity index (χ4v) is 1.71. The summed E-state index contributed by atoms with van der Waals surface area (Å²) in [5.74, 6) is -0.270. The second kappa shape index (κ2) is 3.87. The minimum absolute atomic E-state index is 0.153. The number of β-amino-alcohol motifs (C(OH)–C–C–N with tert-alkyl or cyclic N) is 1. The molecule has 0 spiro atoms. The van der Waals surface area contributed by atoms with Crippen LogP contribution >= 0.6 is 0 Å². The zero-order valence-corrected chi connectivity index (χ0v) is 7.36. The summed E-state index contributed by atoms with van der Waals surface area (Å²) in [5, 5.41) is 9.12. The number of hydrogen-bond donors (Lipinski definition) is 2. The summed E-state index contributed by atoms with van der Waals surface area (Å²) >= 11 is 0. The molecule has 1 amide bonds. The van der Waals surface area contributed by atoms with Crippen LogP contribution in [0.25, 0.3) is 0 Å². The lowest BCUT2D eigenvalue weighted by Gasteiger charge is -2.22.